The monoisotopic (exact) mass is 1120 g/mol. The van der Waals surface area contributed by atoms with Crippen molar-refractivity contribution in [3.05, 3.63) is 125 Å². The molecule has 5 heterocycles. The number of methoxy groups -OCH3 is 1. The van der Waals surface area contributed by atoms with Gasteiger partial charge in [-0.3, -0.25) is 14.6 Å². The highest BCUT2D eigenvalue weighted by atomic mass is 32.2. The highest BCUT2D eigenvalue weighted by Crippen LogP contribution is 2.53. The highest BCUT2D eigenvalue weighted by Gasteiger charge is 2.50. The number of halogens is 1. The average molecular weight is 1120 g/mol. The van der Waals surface area contributed by atoms with E-state index in [4.69, 9.17) is 14.3 Å². The first kappa shape index (κ1) is 56.1. The zero-order chi connectivity index (χ0) is 56.0. The number of anilines is 2. The average Bonchev–Trinajstić information content (AvgIpc) is 3.92. The van der Waals surface area contributed by atoms with Crippen molar-refractivity contribution < 1.29 is 41.5 Å². The van der Waals surface area contributed by atoms with E-state index in [2.05, 4.69) is 77.8 Å². The number of pyridine rings is 2. The molecule has 6 aromatic rings. The van der Waals surface area contributed by atoms with Crippen LogP contribution in [0.1, 0.15) is 111 Å². The van der Waals surface area contributed by atoms with E-state index in [0.29, 0.717) is 36.2 Å². The van der Waals surface area contributed by atoms with E-state index in [-0.39, 0.29) is 67.8 Å². The quantitative estimate of drug-likeness (QED) is 0.0471. The summed E-state index contributed by atoms with van der Waals surface area (Å²) in [5, 5.41) is 26.2. The molecule has 0 bridgehead atoms. The number of nitrogens with one attached hydrogen (secondary N) is 5. The Labute approximate surface area is 462 Å². The van der Waals surface area contributed by atoms with Gasteiger partial charge in [-0.2, -0.15) is 4.98 Å². The van der Waals surface area contributed by atoms with Crippen molar-refractivity contribution in [1.29, 1.82) is 4.78 Å². The van der Waals surface area contributed by atoms with Gasteiger partial charge < -0.3 is 40.1 Å². The SMILES string of the molecule is COc1nc2[nH]cc(F)c2cc1Oc1cc(N2CCC3(CC2)CC(N2CCN(Cc4ccc(S(C)(=N)=O)cc4)C[C@H]2c2ccccc2C(C)C)C3)ccc1C(=O)NS(=O)(=O)c1cnc(NC[C@H]2CC[C@](C)(O)CC2)c([NH+](C)[O-])c1. The Hall–Kier alpha value is -6.20. The number of aromatic nitrogens is 3. The second kappa shape index (κ2) is 22.4. The first-order valence-corrected chi connectivity index (χ1v) is 30.7. The van der Waals surface area contributed by atoms with Gasteiger partial charge in [-0.1, -0.05) is 50.2 Å². The van der Waals surface area contributed by atoms with Gasteiger partial charge in [0.05, 0.1) is 46.6 Å². The van der Waals surface area contributed by atoms with Crippen LogP contribution in [0, 0.1) is 27.1 Å². The minimum absolute atomic E-state index is 0.000494. The fourth-order valence-corrected chi connectivity index (χ4v) is 13.9. The van der Waals surface area contributed by atoms with E-state index in [1.54, 1.807) is 12.1 Å². The molecule has 4 aliphatic rings. The van der Waals surface area contributed by atoms with Crippen LogP contribution in [0.15, 0.2) is 101 Å². The molecule has 2 saturated heterocycles. The van der Waals surface area contributed by atoms with E-state index in [9.17, 15) is 32.1 Å². The number of piperazine rings is 1. The lowest BCUT2D eigenvalue weighted by molar-refractivity contribution is -0.751. The van der Waals surface area contributed by atoms with Gasteiger partial charge in [0.15, 0.2) is 17.3 Å². The topological polar surface area (TPSA) is 234 Å². The minimum Gasteiger partial charge on any atom is -0.629 e. The molecule has 2 saturated carbocycles. The van der Waals surface area contributed by atoms with Crippen molar-refractivity contribution in [1.82, 2.24) is 29.5 Å². The molecule has 2 unspecified atom stereocenters. The fourth-order valence-electron chi connectivity index (χ4n) is 12.3. The summed E-state index contributed by atoms with van der Waals surface area (Å²) >= 11 is 0. The van der Waals surface area contributed by atoms with Crippen LogP contribution in [0.25, 0.3) is 11.0 Å². The van der Waals surface area contributed by atoms with Crippen LogP contribution in [0.3, 0.4) is 0 Å². The summed E-state index contributed by atoms with van der Waals surface area (Å²) in [7, 11) is -4.69. The number of rotatable bonds is 17. The van der Waals surface area contributed by atoms with Gasteiger partial charge in [-0.15, -0.1) is 0 Å². The minimum atomic E-state index is -4.60. The molecule has 2 aliphatic heterocycles. The van der Waals surface area contributed by atoms with Gasteiger partial charge in [0.1, 0.15) is 22.1 Å². The van der Waals surface area contributed by atoms with Crippen LogP contribution < -0.4 is 29.5 Å². The van der Waals surface area contributed by atoms with Crippen LogP contribution in [0.5, 0.6) is 17.4 Å². The van der Waals surface area contributed by atoms with Crippen molar-refractivity contribution in [2.24, 2.45) is 11.3 Å². The lowest BCUT2D eigenvalue weighted by Gasteiger charge is -2.58. The molecule has 2 aliphatic carbocycles. The number of hydrogen-bond donors (Lipinski definition) is 6. The molecular weight excluding hydrogens is 1050 g/mol. The lowest BCUT2D eigenvalue weighted by Crippen LogP contribution is -2.98. The molecular formula is C58H73FN10O8S2. The number of sulfonamides is 1. The van der Waals surface area contributed by atoms with E-state index in [1.165, 1.54) is 55.9 Å². The maximum Gasteiger partial charge on any atom is 0.268 e. The molecule has 0 radical (unpaired) electrons. The second-order valence-electron chi connectivity index (χ2n) is 23.0. The molecule has 4 fully saturated rings. The summed E-state index contributed by atoms with van der Waals surface area (Å²) < 4.78 is 77.5. The molecule has 21 heteroatoms. The third-order valence-corrected chi connectivity index (χ3v) is 19.4. The number of piperidine rings is 1. The summed E-state index contributed by atoms with van der Waals surface area (Å²) in [4.78, 5) is 33.4. The van der Waals surface area contributed by atoms with Gasteiger partial charge in [0.2, 0.25) is 0 Å². The number of quaternary nitrogens is 1. The smallest absolute Gasteiger partial charge is 0.268 e. The van der Waals surface area contributed by atoms with Crippen LogP contribution in [0.2, 0.25) is 0 Å². The molecule has 6 N–H and O–H groups in total. The Morgan fingerprint density at radius 1 is 0.975 bits per heavy atom. The van der Waals surface area contributed by atoms with Crippen molar-refractivity contribution in [3.8, 4) is 17.4 Å². The first-order valence-electron chi connectivity index (χ1n) is 27.3. The molecule has 1 spiro atoms. The molecule has 18 nitrogen and oxygen atoms in total. The van der Waals surface area contributed by atoms with Crippen molar-refractivity contribution in [3.63, 3.8) is 0 Å². The van der Waals surface area contributed by atoms with Crippen molar-refractivity contribution in [2.75, 3.05) is 69.9 Å². The number of hydroxylamine groups is 1. The summed E-state index contributed by atoms with van der Waals surface area (Å²) in [6, 6.07) is 24.7. The Kier molecular flexibility index (Phi) is 15.9. The molecule has 3 aromatic heterocycles. The van der Waals surface area contributed by atoms with E-state index in [0.717, 1.165) is 95.2 Å². The maximum atomic E-state index is 15.0. The zero-order valence-electron chi connectivity index (χ0n) is 45.8. The molecule has 10 rings (SSSR count). The van der Waals surface area contributed by atoms with Gasteiger partial charge in [0.25, 0.3) is 21.8 Å². The predicted octanol–water partition coefficient (Wildman–Crippen LogP) is 8.48. The highest BCUT2D eigenvalue weighted by molar-refractivity contribution is 7.91. The number of carbonyl (C=O) groups is 1. The number of H-pyrrole nitrogens is 1. The summed E-state index contributed by atoms with van der Waals surface area (Å²) in [5.74, 6) is -0.768. The number of aromatic amines is 1. The third-order valence-electron chi connectivity index (χ3n) is 16.9. The number of hydrogen-bond acceptors (Lipinski definition) is 15. The van der Waals surface area contributed by atoms with Gasteiger partial charge in [-0.05, 0) is 116 Å². The number of amides is 1. The number of aliphatic hydroxyl groups is 1. The Balaban J connectivity index is 0.853. The van der Waals surface area contributed by atoms with Crippen molar-refractivity contribution in [2.45, 2.75) is 112 Å². The van der Waals surface area contributed by atoms with Crippen LogP contribution >= 0.6 is 0 Å². The van der Waals surface area contributed by atoms with Gasteiger partial charge in [0, 0.05) is 99.1 Å². The van der Waals surface area contributed by atoms with E-state index >= 15 is 0 Å². The third kappa shape index (κ3) is 12.3. The second-order valence-corrected chi connectivity index (χ2v) is 26.8. The van der Waals surface area contributed by atoms with Gasteiger partial charge >= 0.3 is 0 Å². The Morgan fingerprint density at radius 2 is 1.70 bits per heavy atom. The fraction of sp³-hybridized carbons (Fsp3) is 0.466. The van der Waals surface area contributed by atoms with Crippen LogP contribution in [-0.4, -0.2) is 120 Å². The standard InChI is InChI=1S/C58H73FN10O8S2/c1-37(2)44-9-7-8-10-45(44)50-36-67(35-39-11-14-42(15-12-39)78(6,60)73)25-26-69(50)41-30-58(31-41)21-23-68(24-22-58)40-13-16-46(51(27-40)77-52-29-47-48(59)34-63-53(47)64-56(52)76-5)55(70)65-79(74,75)43-28-49(66(4)72)54(62-33-43)61-32-38-17-19-57(3,71)20-18-38/h7-16,27-29,33-34,37-38,41,50,60,66,71H,17-26,30-32,35-36H2,1-6H3,(H,61,62)(H,63,64)(H,65,70)/t38-,50-,57-,78?/m0/s1. The summed E-state index contributed by atoms with van der Waals surface area (Å²) in [6.07, 6.45) is 10.6. The maximum absolute atomic E-state index is 15.0. The molecule has 3 aromatic carbocycles. The number of carbonyl (C=O) groups excluding carboxylic acids is 1. The predicted molar refractivity (Wildman–Crippen MR) is 303 cm³/mol. The summed E-state index contributed by atoms with van der Waals surface area (Å²) in [5.41, 5.74) is 4.21. The zero-order valence-corrected chi connectivity index (χ0v) is 47.4. The first-order chi connectivity index (χ1) is 37.6. The molecule has 422 valence electrons. The van der Waals surface area contributed by atoms with E-state index in [1.807, 2.05) is 31.2 Å². The van der Waals surface area contributed by atoms with Crippen LogP contribution in [0.4, 0.5) is 21.6 Å². The normalized spacial score (nSPS) is 22.3. The number of ether oxygens (including phenoxy) is 2. The largest absolute Gasteiger partial charge is 0.629 e. The Bertz CT molecular complexity index is 3420. The Morgan fingerprint density at radius 3 is 2.38 bits per heavy atom. The van der Waals surface area contributed by atoms with Gasteiger partial charge in [-0.25, -0.2) is 31.5 Å². The number of fused-ring (bicyclic) bond motifs is 1. The molecule has 79 heavy (non-hydrogen) atoms. The summed E-state index contributed by atoms with van der Waals surface area (Å²) in [6.45, 7) is 11.8. The molecule has 3 atom stereocenters. The number of benzene rings is 3. The van der Waals surface area contributed by atoms with Crippen molar-refractivity contribution >= 4 is 53.9 Å². The van der Waals surface area contributed by atoms with Crippen LogP contribution in [-0.2, 0) is 26.3 Å². The number of nitrogens with zero attached hydrogens (tertiary/aromatic N) is 5. The molecule has 1 amide bonds. The van der Waals surface area contributed by atoms with E-state index < -0.39 is 42.1 Å². The lowest BCUT2D eigenvalue weighted by atomic mass is 9.59.